The lowest BCUT2D eigenvalue weighted by Crippen LogP contribution is -2.52. The van der Waals surface area contributed by atoms with Crippen LogP contribution < -0.4 is 4.72 Å². The Morgan fingerprint density at radius 3 is 2.55 bits per heavy atom. The van der Waals surface area contributed by atoms with Crippen molar-refractivity contribution >= 4 is 16.1 Å². The van der Waals surface area contributed by atoms with Crippen LogP contribution in [0, 0.1) is 0 Å². The molecule has 0 aromatic heterocycles. The molecule has 0 saturated carbocycles. The van der Waals surface area contributed by atoms with Crippen molar-refractivity contribution in [2.75, 3.05) is 25.4 Å². The van der Waals surface area contributed by atoms with Gasteiger partial charge >= 0.3 is 6.09 Å². The largest absolute Gasteiger partial charge is 0.448 e. The van der Waals surface area contributed by atoms with E-state index in [0.717, 1.165) is 5.56 Å². The van der Waals surface area contributed by atoms with Crippen molar-refractivity contribution in [2.45, 2.75) is 25.8 Å². The highest BCUT2D eigenvalue weighted by Crippen LogP contribution is 2.18. The zero-order valence-corrected chi connectivity index (χ0v) is 13.7. The second-order valence-corrected chi connectivity index (χ2v) is 7.88. The van der Waals surface area contributed by atoms with E-state index < -0.39 is 21.7 Å². The average molecular weight is 326 g/mol. The van der Waals surface area contributed by atoms with E-state index in [9.17, 15) is 13.2 Å². The fourth-order valence-electron chi connectivity index (χ4n) is 2.29. The van der Waals surface area contributed by atoms with E-state index in [-0.39, 0.29) is 12.3 Å². The van der Waals surface area contributed by atoms with Gasteiger partial charge in [0.1, 0.15) is 6.61 Å². The van der Waals surface area contributed by atoms with Crippen LogP contribution in [0.2, 0.25) is 0 Å². The number of ether oxygens (including phenoxy) is 1. The molecule has 22 heavy (non-hydrogen) atoms. The Kier molecular flexibility index (Phi) is 5.08. The highest BCUT2D eigenvalue weighted by atomic mass is 32.2. The fraction of sp³-hybridized carbons (Fsp3) is 0.533. The molecular formula is C15H22N2O4S. The van der Waals surface area contributed by atoms with Crippen LogP contribution >= 0.6 is 0 Å². The lowest BCUT2D eigenvalue weighted by Gasteiger charge is -2.33. The number of carbonyl (C=O) groups is 1. The summed E-state index contributed by atoms with van der Waals surface area (Å²) in [5, 5.41) is 0. The van der Waals surface area contributed by atoms with Crippen LogP contribution in [0.25, 0.3) is 0 Å². The molecule has 6 nitrogen and oxygen atoms in total. The quantitative estimate of drug-likeness (QED) is 0.821. The molecule has 7 heteroatoms. The maximum absolute atomic E-state index is 12.1. The van der Waals surface area contributed by atoms with Crippen molar-refractivity contribution in [3.63, 3.8) is 0 Å². The Bertz CT molecular complexity index is 614. The summed E-state index contributed by atoms with van der Waals surface area (Å²) in [6.07, 6.45) is 0.0657. The first-order valence-corrected chi connectivity index (χ1v) is 8.91. The standard InChI is InChI=1S/C15H22N2O4S/c1-15(2,17-9-10-21-14(17)18)12-16-22(19,20)11-8-13-6-4-3-5-7-13/h3-7,16H,8-12H2,1-2H3. The molecule has 1 aromatic carbocycles. The topological polar surface area (TPSA) is 75.7 Å². The molecule has 1 aliphatic rings. The number of cyclic esters (lactones) is 1. The number of hydrogen-bond donors (Lipinski definition) is 1. The van der Waals surface area contributed by atoms with E-state index in [1.807, 2.05) is 44.2 Å². The van der Waals surface area contributed by atoms with Crippen LogP contribution in [0.5, 0.6) is 0 Å². The summed E-state index contributed by atoms with van der Waals surface area (Å²) in [5.74, 6) is 0.0253. The zero-order valence-electron chi connectivity index (χ0n) is 12.9. The molecule has 1 aromatic rings. The van der Waals surface area contributed by atoms with Gasteiger partial charge in [0, 0.05) is 6.54 Å². The number of hydrogen-bond acceptors (Lipinski definition) is 4. The van der Waals surface area contributed by atoms with Gasteiger partial charge in [-0.1, -0.05) is 30.3 Å². The highest BCUT2D eigenvalue weighted by Gasteiger charge is 2.36. The van der Waals surface area contributed by atoms with Crippen molar-refractivity contribution in [3.05, 3.63) is 35.9 Å². The van der Waals surface area contributed by atoms with Gasteiger partial charge in [0.15, 0.2) is 0 Å². The first-order valence-electron chi connectivity index (χ1n) is 7.26. The van der Waals surface area contributed by atoms with Gasteiger partial charge in [-0.25, -0.2) is 17.9 Å². The SMILES string of the molecule is CC(C)(CNS(=O)(=O)CCc1ccccc1)N1CCOC1=O. The van der Waals surface area contributed by atoms with E-state index >= 15 is 0 Å². The van der Waals surface area contributed by atoms with Gasteiger partial charge in [0.05, 0.1) is 17.8 Å². The molecule has 1 heterocycles. The maximum atomic E-state index is 12.1. The molecule has 0 atom stereocenters. The van der Waals surface area contributed by atoms with Crippen molar-refractivity contribution in [2.24, 2.45) is 0 Å². The van der Waals surface area contributed by atoms with Gasteiger partial charge in [-0.05, 0) is 25.8 Å². The number of rotatable bonds is 7. The van der Waals surface area contributed by atoms with E-state index in [4.69, 9.17) is 4.74 Å². The summed E-state index contributed by atoms with van der Waals surface area (Å²) in [4.78, 5) is 13.1. The van der Waals surface area contributed by atoms with Gasteiger partial charge in [-0.2, -0.15) is 0 Å². The number of carbonyl (C=O) groups excluding carboxylic acids is 1. The number of aryl methyl sites for hydroxylation is 1. The Hall–Kier alpha value is -1.60. The first-order chi connectivity index (χ1) is 10.3. The Morgan fingerprint density at radius 2 is 1.95 bits per heavy atom. The number of sulfonamides is 1. The minimum Gasteiger partial charge on any atom is -0.448 e. The number of nitrogens with zero attached hydrogens (tertiary/aromatic N) is 1. The fourth-order valence-corrected chi connectivity index (χ4v) is 3.52. The van der Waals surface area contributed by atoms with Gasteiger partial charge in [0.25, 0.3) is 0 Å². The van der Waals surface area contributed by atoms with Gasteiger partial charge < -0.3 is 4.74 Å². The van der Waals surface area contributed by atoms with Crippen LogP contribution in [0.4, 0.5) is 4.79 Å². The minimum atomic E-state index is -3.39. The van der Waals surface area contributed by atoms with Crippen molar-refractivity contribution in [1.29, 1.82) is 0 Å². The Labute approximate surface area is 131 Å². The molecule has 122 valence electrons. The molecular weight excluding hydrogens is 304 g/mol. The number of benzene rings is 1. The summed E-state index contributed by atoms with van der Waals surface area (Å²) in [7, 11) is -3.39. The maximum Gasteiger partial charge on any atom is 0.410 e. The molecule has 1 saturated heterocycles. The molecule has 1 amide bonds. The van der Waals surface area contributed by atoms with Crippen molar-refractivity contribution in [3.8, 4) is 0 Å². The predicted molar refractivity (Wildman–Crippen MR) is 84.1 cm³/mol. The second kappa shape index (κ2) is 6.66. The zero-order chi connectivity index (χ0) is 16.2. The van der Waals surface area contributed by atoms with Gasteiger partial charge in [-0.15, -0.1) is 0 Å². The van der Waals surface area contributed by atoms with E-state index in [0.29, 0.717) is 19.6 Å². The number of nitrogens with one attached hydrogen (secondary N) is 1. The van der Waals surface area contributed by atoms with Crippen LogP contribution in [0.1, 0.15) is 19.4 Å². The first kappa shape index (κ1) is 16.8. The summed E-state index contributed by atoms with van der Waals surface area (Å²) >= 11 is 0. The van der Waals surface area contributed by atoms with Crippen molar-refractivity contribution < 1.29 is 17.9 Å². The molecule has 1 N–H and O–H groups in total. The minimum absolute atomic E-state index is 0.0253. The van der Waals surface area contributed by atoms with E-state index in [1.54, 1.807) is 4.90 Å². The summed E-state index contributed by atoms with van der Waals surface area (Å²) < 4.78 is 31.7. The van der Waals surface area contributed by atoms with Crippen molar-refractivity contribution in [1.82, 2.24) is 9.62 Å². The lowest BCUT2D eigenvalue weighted by atomic mass is 10.0. The van der Waals surface area contributed by atoms with Crippen LogP contribution in [-0.2, 0) is 21.2 Å². The van der Waals surface area contributed by atoms with Gasteiger partial charge in [0.2, 0.25) is 10.0 Å². The predicted octanol–water partition coefficient (Wildman–Crippen LogP) is 1.38. The third-order valence-electron chi connectivity index (χ3n) is 3.72. The summed E-state index contributed by atoms with van der Waals surface area (Å²) in [6, 6.07) is 9.47. The van der Waals surface area contributed by atoms with E-state index in [2.05, 4.69) is 4.72 Å². The molecule has 0 bridgehead atoms. The molecule has 0 unspecified atom stereocenters. The Balaban J connectivity index is 1.87. The smallest absolute Gasteiger partial charge is 0.410 e. The summed E-state index contributed by atoms with van der Waals surface area (Å²) in [5.41, 5.74) is 0.364. The monoisotopic (exact) mass is 326 g/mol. The lowest BCUT2D eigenvalue weighted by molar-refractivity contribution is 0.127. The van der Waals surface area contributed by atoms with Crippen LogP contribution in [0.15, 0.2) is 30.3 Å². The molecule has 0 radical (unpaired) electrons. The Morgan fingerprint density at radius 1 is 1.27 bits per heavy atom. The second-order valence-electron chi connectivity index (χ2n) is 5.95. The third kappa shape index (κ3) is 4.45. The average Bonchev–Trinajstić information content (AvgIpc) is 2.92. The molecule has 0 spiro atoms. The normalized spacial score (nSPS) is 15.9. The summed E-state index contributed by atoms with van der Waals surface area (Å²) in [6.45, 7) is 4.64. The highest BCUT2D eigenvalue weighted by molar-refractivity contribution is 7.89. The number of amides is 1. The van der Waals surface area contributed by atoms with Crippen LogP contribution in [-0.4, -0.2) is 50.4 Å². The van der Waals surface area contributed by atoms with E-state index in [1.165, 1.54) is 0 Å². The van der Waals surface area contributed by atoms with Crippen LogP contribution in [0.3, 0.4) is 0 Å². The van der Waals surface area contributed by atoms with Gasteiger partial charge in [-0.3, -0.25) is 4.90 Å². The molecule has 1 aliphatic heterocycles. The third-order valence-corrected chi connectivity index (χ3v) is 5.04. The molecule has 1 fully saturated rings. The molecule has 0 aliphatic carbocycles. The molecule has 2 rings (SSSR count).